The topological polar surface area (TPSA) is 43.1 Å². The molecular formula is C9H17NO. The minimum atomic E-state index is -0.170. The van der Waals surface area contributed by atoms with Gasteiger partial charge in [0.05, 0.1) is 6.04 Å². The predicted molar refractivity (Wildman–Crippen MR) is 45.2 cm³/mol. The van der Waals surface area contributed by atoms with E-state index in [1.807, 2.05) is 0 Å². The first-order valence-electron chi connectivity index (χ1n) is 4.39. The van der Waals surface area contributed by atoms with Crippen LogP contribution in [-0.4, -0.2) is 11.8 Å². The highest BCUT2D eigenvalue weighted by atomic mass is 16.1. The van der Waals surface area contributed by atoms with Crippen molar-refractivity contribution in [2.24, 2.45) is 17.6 Å². The second kappa shape index (κ2) is 3.35. The van der Waals surface area contributed by atoms with Crippen LogP contribution in [0.5, 0.6) is 0 Å². The highest BCUT2D eigenvalue weighted by molar-refractivity contribution is 5.84. The summed E-state index contributed by atoms with van der Waals surface area (Å²) in [5.41, 5.74) is 5.66. The third-order valence-electron chi connectivity index (χ3n) is 2.67. The number of ketones is 1. The Morgan fingerprint density at radius 2 is 2.18 bits per heavy atom. The van der Waals surface area contributed by atoms with E-state index in [1.54, 1.807) is 0 Å². The summed E-state index contributed by atoms with van der Waals surface area (Å²) in [6, 6.07) is -0.170. The zero-order valence-electron chi connectivity index (χ0n) is 7.34. The Bertz CT molecular complexity index is 154. The molecule has 11 heavy (non-hydrogen) atoms. The molecule has 0 bridgehead atoms. The lowest BCUT2D eigenvalue weighted by atomic mass is 9.79. The molecule has 1 saturated carbocycles. The van der Waals surface area contributed by atoms with Gasteiger partial charge < -0.3 is 5.73 Å². The lowest BCUT2D eigenvalue weighted by Gasteiger charge is -2.28. The molecular weight excluding hydrogens is 138 g/mol. The molecule has 0 aromatic heterocycles. The van der Waals surface area contributed by atoms with Gasteiger partial charge in [-0.25, -0.2) is 0 Å². The molecule has 0 aliphatic heterocycles. The van der Waals surface area contributed by atoms with Gasteiger partial charge in [0.1, 0.15) is 5.78 Å². The number of rotatable bonds is 1. The standard InChI is InChI=1S/C9H17NO/c1-6(2)7-3-4-9(11)8(10)5-7/h6-8H,3-5,10H2,1-2H3. The van der Waals surface area contributed by atoms with Crippen LogP contribution in [0.15, 0.2) is 0 Å². The van der Waals surface area contributed by atoms with E-state index in [9.17, 15) is 4.79 Å². The molecule has 0 radical (unpaired) electrons. The molecule has 2 N–H and O–H groups in total. The summed E-state index contributed by atoms with van der Waals surface area (Å²) in [6.07, 6.45) is 2.64. The average molecular weight is 155 g/mol. The van der Waals surface area contributed by atoms with Crippen molar-refractivity contribution in [1.29, 1.82) is 0 Å². The monoisotopic (exact) mass is 155 g/mol. The van der Waals surface area contributed by atoms with Crippen LogP contribution in [0.1, 0.15) is 33.1 Å². The molecule has 0 amide bonds. The quantitative estimate of drug-likeness (QED) is 0.621. The zero-order valence-corrected chi connectivity index (χ0v) is 7.34. The summed E-state index contributed by atoms with van der Waals surface area (Å²) in [5.74, 6) is 1.60. The van der Waals surface area contributed by atoms with E-state index in [-0.39, 0.29) is 11.8 Å². The molecule has 2 atom stereocenters. The first-order valence-corrected chi connectivity index (χ1v) is 4.39. The minimum absolute atomic E-state index is 0.170. The molecule has 1 aliphatic rings. The lowest BCUT2D eigenvalue weighted by Crippen LogP contribution is -2.38. The molecule has 2 nitrogen and oxygen atoms in total. The highest BCUT2D eigenvalue weighted by Gasteiger charge is 2.27. The molecule has 2 heteroatoms. The van der Waals surface area contributed by atoms with E-state index >= 15 is 0 Å². The minimum Gasteiger partial charge on any atom is -0.322 e. The van der Waals surface area contributed by atoms with Gasteiger partial charge >= 0.3 is 0 Å². The van der Waals surface area contributed by atoms with Gasteiger partial charge in [0, 0.05) is 6.42 Å². The van der Waals surface area contributed by atoms with Crippen molar-refractivity contribution in [2.45, 2.75) is 39.2 Å². The van der Waals surface area contributed by atoms with Crippen LogP contribution < -0.4 is 5.73 Å². The van der Waals surface area contributed by atoms with E-state index in [2.05, 4.69) is 13.8 Å². The summed E-state index contributed by atoms with van der Waals surface area (Å²) < 4.78 is 0. The molecule has 0 saturated heterocycles. The Morgan fingerprint density at radius 1 is 1.55 bits per heavy atom. The number of nitrogens with two attached hydrogens (primary N) is 1. The predicted octanol–water partition coefficient (Wildman–Crippen LogP) is 1.34. The van der Waals surface area contributed by atoms with Gasteiger partial charge in [-0.05, 0) is 24.7 Å². The van der Waals surface area contributed by atoms with E-state index < -0.39 is 0 Å². The zero-order chi connectivity index (χ0) is 8.43. The van der Waals surface area contributed by atoms with Crippen molar-refractivity contribution in [3.63, 3.8) is 0 Å². The maximum atomic E-state index is 11.0. The van der Waals surface area contributed by atoms with Gasteiger partial charge in [-0.3, -0.25) is 4.79 Å². The fraction of sp³-hybridized carbons (Fsp3) is 0.889. The molecule has 0 aromatic rings. The Kier molecular flexibility index (Phi) is 2.66. The maximum absolute atomic E-state index is 11.0. The summed E-state index contributed by atoms with van der Waals surface area (Å²) in [4.78, 5) is 11.0. The molecule has 1 aliphatic carbocycles. The number of Topliss-reactive ketones (excluding diaryl/α,β-unsaturated/α-hetero) is 1. The molecule has 0 aromatic carbocycles. The van der Waals surface area contributed by atoms with Crippen LogP contribution in [0, 0.1) is 11.8 Å². The molecule has 1 fully saturated rings. The summed E-state index contributed by atoms with van der Waals surface area (Å²) >= 11 is 0. The Morgan fingerprint density at radius 3 is 2.64 bits per heavy atom. The second-order valence-corrected chi connectivity index (χ2v) is 3.85. The smallest absolute Gasteiger partial charge is 0.149 e. The second-order valence-electron chi connectivity index (χ2n) is 3.85. The fourth-order valence-corrected chi connectivity index (χ4v) is 1.69. The van der Waals surface area contributed by atoms with Gasteiger partial charge in [-0.15, -0.1) is 0 Å². The molecule has 1 rings (SSSR count). The van der Waals surface area contributed by atoms with Crippen molar-refractivity contribution in [2.75, 3.05) is 0 Å². The number of carbonyl (C=O) groups excluding carboxylic acids is 1. The van der Waals surface area contributed by atoms with Crippen molar-refractivity contribution < 1.29 is 4.79 Å². The van der Waals surface area contributed by atoms with Crippen LogP contribution in [0.3, 0.4) is 0 Å². The van der Waals surface area contributed by atoms with Crippen LogP contribution >= 0.6 is 0 Å². The van der Waals surface area contributed by atoms with Crippen LogP contribution in [0.4, 0.5) is 0 Å². The van der Waals surface area contributed by atoms with Crippen LogP contribution in [0.2, 0.25) is 0 Å². The highest BCUT2D eigenvalue weighted by Crippen LogP contribution is 2.27. The SMILES string of the molecule is CC(C)C1CCC(=O)C(N)C1. The van der Waals surface area contributed by atoms with E-state index in [0.717, 1.165) is 12.8 Å². The van der Waals surface area contributed by atoms with Gasteiger partial charge in [-0.1, -0.05) is 13.8 Å². The van der Waals surface area contributed by atoms with E-state index in [0.29, 0.717) is 18.3 Å². The fourth-order valence-electron chi connectivity index (χ4n) is 1.69. The summed E-state index contributed by atoms with van der Waals surface area (Å²) in [6.45, 7) is 4.40. The Hall–Kier alpha value is -0.370. The van der Waals surface area contributed by atoms with Crippen LogP contribution in [0.25, 0.3) is 0 Å². The largest absolute Gasteiger partial charge is 0.322 e. The Labute approximate surface area is 68.2 Å². The first-order chi connectivity index (χ1) is 5.11. The van der Waals surface area contributed by atoms with Crippen LogP contribution in [-0.2, 0) is 4.79 Å². The number of carbonyl (C=O) groups is 1. The first kappa shape index (κ1) is 8.72. The normalized spacial score (nSPS) is 32.9. The maximum Gasteiger partial charge on any atom is 0.149 e. The Balaban J connectivity index is 2.46. The third-order valence-corrected chi connectivity index (χ3v) is 2.67. The van der Waals surface area contributed by atoms with Gasteiger partial charge in [-0.2, -0.15) is 0 Å². The van der Waals surface area contributed by atoms with Gasteiger partial charge in [0.2, 0.25) is 0 Å². The third kappa shape index (κ3) is 2.03. The van der Waals surface area contributed by atoms with Gasteiger partial charge in [0.15, 0.2) is 0 Å². The van der Waals surface area contributed by atoms with Crippen molar-refractivity contribution in [1.82, 2.24) is 0 Å². The van der Waals surface area contributed by atoms with E-state index in [4.69, 9.17) is 5.73 Å². The van der Waals surface area contributed by atoms with Gasteiger partial charge in [0.25, 0.3) is 0 Å². The molecule has 0 heterocycles. The lowest BCUT2D eigenvalue weighted by molar-refractivity contribution is -0.122. The molecule has 2 unspecified atom stereocenters. The van der Waals surface area contributed by atoms with Crippen molar-refractivity contribution in [3.8, 4) is 0 Å². The molecule has 0 spiro atoms. The average Bonchev–Trinajstić information content (AvgIpc) is 1.94. The summed E-state index contributed by atoms with van der Waals surface area (Å²) in [5, 5.41) is 0. The summed E-state index contributed by atoms with van der Waals surface area (Å²) in [7, 11) is 0. The number of hydrogen-bond acceptors (Lipinski definition) is 2. The molecule has 64 valence electrons. The van der Waals surface area contributed by atoms with Crippen molar-refractivity contribution in [3.05, 3.63) is 0 Å². The van der Waals surface area contributed by atoms with E-state index in [1.165, 1.54) is 0 Å². The van der Waals surface area contributed by atoms with Crippen molar-refractivity contribution >= 4 is 5.78 Å². The number of hydrogen-bond donors (Lipinski definition) is 1.